The van der Waals surface area contributed by atoms with Crippen molar-refractivity contribution >= 4 is 34.2 Å². The average Bonchev–Trinajstić information content (AvgIpc) is 2.66. The van der Waals surface area contributed by atoms with E-state index in [1.165, 1.54) is 6.07 Å². The maximum atomic E-state index is 13.7. The highest BCUT2D eigenvalue weighted by atomic mass is 35.5. The van der Waals surface area contributed by atoms with E-state index in [0.717, 1.165) is 17.8 Å². The van der Waals surface area contributed by atoms with Crippen LogP contribution in [0.1, 0.15) is 39.1 Å². The Labute approximate surface area is 122 Å². The van der Waals surface area contributed by atoms with Gasteiger partial charge in [-0.25, -0.2) is 9.37 Å². The summed E-state index contributed by atoms with van der Waals surface area (Å²) in [6.07, 6.45) is 0.986. The third-order valence-electron chi connectivity index (χ3n) is 3.18. The second-order valence-electron chi connectivity index (χ2n) is 5.27. The summed E-state index contributed by atoms with van der Waals surface area (Å²) in [6, 6.07) is 3.22. The van der Waals surface area contributed by atoms with Gasteiger partial charge in [0.2, 0.25) is 0 Å². The van der Waals surface area contributed by atoms with Crippen molar-refractivity contribution in [1.82, 2.24) is 9.55 Å². The number of benzene rings is 1. The largest absolute Gasteiger partial charge is 0.324 e. The summed E-state index contributed by atoms with van der Waals surface area (Å²) in [5.74, 6) is 1.18. The standard InChI is InChI=1S/C14H17Cl2FN2/c1-8(2)4-9(3)19-13-6-11(17)10(16)5-12(13)18-14(19)7-15/h5-6,8-9H,4,7H2,1-3H3. The summed E-state index contributed by atoms with van der Waals surface area (Å²) in [4.78, 5) is 4.44. The summed E-state index contributed by atoms with van der Waals surface area (Å²) in [5, 5.41) is 0.0924. The third kappa shape index (κ3) is 2.87. The zero-order valence-corrected chi connectivity index (χ0v) is 12.8. The van der Waals surface area contributed by atoms with Crippen LogP contribution in [-0.2, 0) is 5.88 Å². The number of hydrogen-bond donors (Lipinski definition) is 0. The zero-order chi connectivity index (χ0) is 14.2. The number of aromatic nitrogens is 2. The second-order valence-corrected chi connectivity index (χ2v) is 5.94. The Kier molecular flexibility index (Phi) is 4.36. The van der Waals surface area contributed by atoms with Crippen LogP contribution in [0.25, 0.3) is 11.0 Å². The van der Waals surface area contributed by atoms with Crippen LogP contribution in [-0.4, -0.2) is 9.55 Å². The van der Waals surface area contributed by atoms with Crippen molar-refractivity contribution in [2.45, 2.75) is 39.1 Å². The molecule has 0 radical (unpaired) electrons. The lowest BCUT2D eigenvalue weighted by atomic mass is 10.0. The van der Waals surface area contributed by atoms with E-state index in [9.17, 15) is 4.39 Å². The highest BCUT2D eigenvalue weighted by Gasteiger charge is 2.18. The molecule has 1 heterocycles. The van der Waals surface area contributed by atoms with E-state index in [-0.39, 0.29) is 11.1 Å². The summed E-state index contributed by atoms with van der Waals surface area (Å²) in [6.45, 7) is 6.42. The molecule has 1 aromatic carbocycles. The minimum absolute atomic E-state index is 0.0924. The van der Waals surface area contributed by atoms with E-state index in [4.69, 9.17) is 23.2 Å². The van der Waals surface area contributed by atoms with Crippen LogP contribution in [0.3, 0.4) is 0 Å². The molecule has 1 aromatic heterocycles. The third-order valence-corrected chi connectivity index (χ3v) is 3.71. The number of rotatable bonds is 4. The van der Waals surface area contributed by atoms with E-state index in [0.29, 0.717) is 17.3 Å². The predicted octanol–water partition coefficient (Wildman–Crippen LogP) is 5.17. The number of nitrogens with zero attached hydrogens (tertiary/aromatic N) is 2. The molecule has 1 atom stereocenters. The van der Waals surface area contributed by atoms with Crippen LogP contribution < -0.4 is 0 Å². The SMILES string of the molecule is CC(C)CC(C)n1c(CCl)nc2cc(Cl)c(F)cc21. The quantitative estimate of drug-likeness (QED) is 0.712. The van der Waals surface area contributed by atoms with Gasteiger partial charge in [0, 0.05) is 12.1 Å². The van der Waals surface area contributed by atoms with Gasteiger partial charge in [0.15, 0.2) is 0 Å². The maximum absolute atomic E-state index is 13.7. The van der Waals surface area contributed by atoms with Crippen LogP contribution >= 0.6 is 23.2 Å². The van der Waals surface area contributed by atoms with E-state index in [1.807, 2.05) is 4.57 Å². The fourth-order valence-electron chi connectivity index (χ4n) is 2.51. The molecular weight excluding hydrogens is 286 g/mol. The fourth-order valence-corrected chi connectivity index (χ4v) is 2.86. The van der Waals surface area contributed by atoms with Gasteiger partial charge in [0.25, 0.3) is 0 Å². The first-order chi connectivity index (χ1) is 8.93. The Morgan fingerprint density at radius 1 is 1.32 bits per heavy atom. The summed E-state index contributed by atoms with van der Waals surface area (Å²) in [5.41, 5.74) is 1.45. The van der Waals surface area contributed by atoms with Crippen molar-refractivity contribution in [2.75, 3.05) is 0 Å². The second kappa shape index (κ2) is 5.68. The van der Waals surface area contributed by atoms with Gasteiger partial charge in [0.1, 0.15) is 11.6 Å². The minimum atomic E-state index is -0.423. The van der Waals surface area contributed by atoms with E-state index < -0.39 is 5.82 Å². The lowest BCUT2D eigenvalue weighted by molar-refractivity contribution is 0.428. The normalized spacial score (nSPS) is 13.4. The number of fused-ring (bicyclic) bond motifs is 1. The molecular formula is C14H17Cl2FN2. The molecule has 2 aromatic rings. The van der Waals surface area contributed by atoms with Crippen LogP contribution in [0.15, 0.2) is 12.1 Å². The van der Waals surface area contributed by atoms with E-state index in [2.05, 4.69) is 25.8 Å². The fraction of sp³-hybridized carbons (Fsp3) is 0.500. The van der Waals surface area contributed by atoms with Gasteiger partial charge in [-0.15, -0.1) is 11.6 Å². The van der Waals surface area contributed by atoms with Crippen LogP contribution in [0.5, 0.6) is 0 Å². The molecule has 0 N–H and O–H groups in total. The van der Waals surface area contributed by atoms with E-state index >= 15 is 0 Å². The van der Waals surface area contributed by atoms with E-state index in [1.54, 1.807) is 6.07 Å². The Morgan fingerprint density at radius 2 is 2.00 bits per heavy atom. The van der Waals surface area contributed by atoms with Gasteiger partial charge in [0.05, 0.1) is 21.9 Å². The van der Waals surface area contributed by atoms with Crippen molar-refractivity contribution in [1.29, 1.82) is 0 Å². The molecule has 104 valence electrons. The van der Waals surface area contributed by atoms with Crippen molar-refractivity contribution in [3.05, 3.63) is 28.8 Å². The molecule has 1 unspecified atom stereocenters. The monoisotopic (exact) mass is 302 g/mol. The molecule has 0 aliphatic rings. The Morgan fingerprint density at radius 3 is 2.58 bits per heavy atom. The summed E-state index contributed by atoms with van der Waals surface area (Å²) in [7, 11) is 0. The lowest BCUT2D eigenvalue weighted by Gasteiger charge is -2.19. The predicted molar refractivity (Wildman–Crippen MR) is 78.4 cm³/mol. The van der Waals surface area contributed by atoms with Gasteiger partial charge < -0.3 is 4.57 Å². The summed E-state index contributed by atoms with van der Waals surface area (Å²) >= 11 is 11.8. The molecule has 0 spiro atoms. The topological polar surface area (TPSA) is 17.8 Å². The van der Waals surface area contributed by atoms with Gasteiger partial charge in [-0.2, -0.15) is 0 Å². The van der Waals surface area contributed by atoms with Crippen molar-refractivity contribution < 1.29 is 4.39 Å². The number of hydrogen-bond acceptors (Lipinski definition) is 1. The molecule has 0 fully saturated rings. The lowest BCUT2D eigenvalue weighted by Crippen LogP contribution is -2.11. The highest BCUT2D eigenvalue weighted by Crippen LogP contribution is 2.29. The van der Waals surface area contributed by atoms with Crippen molar-refractivity contribution in [3.63, 3.8) is 0 Å². The Bertz CT molecular complexity index is 593. The molecule has 2 nitrogen and oxygen atoms in total. The molecule has 5 heteroatoms. The Balaban J connectivity index is 2.59. The van der Waals surface area contributed by atoms with Crippen LogP contribution in [0, 0.1) is 11.7 Å². The Hall–Kier alpha value is -0.800. The highest BCUT2D eigenvalue weighted by molar-refractivity contribution is 6.31. The summed E-state index contributed by atoms with van der Waals surface area (Å²) < 4.78 is 15.7. The smallest absolute Gasteiger partial charge is 0.144 e. The van der Waals surface area contributed by atoms with Gasteiger partial charge in [-0.05, 0) is 25.3 Å². The number of alkyl halides is 1. The van der Waals surface area contributed by atoms with Gasteiger partial charge >= 0.3 is 0 Å². The molecule has 0 bridgehead atoms. The molecule has 0 saturated heterocycles. The molecule has 0 aliphatic carbocycles. The maximum Gasteiger partial charge on any atom is 0.144 e. The minimum Gasteiger partial charge on any atom is -0.324 e. The first kappa shape index (κ1) is 14.6. The molecule has 0 amide bonds. The first-order valence-corrected chi connectivity index (χ1v) is 7.27. The van der Waals surface area contributed by atoms with Crippen molar-refractivity contribution in [2.24, 2.45) is 5.92 Å². The molecule has 19 heavy (non-hydrogen) atoms. The van der Waals surface area contributed by atoms with Crippen LogP contribution in [0.2, 0.25) is 5.02 Å². The van der Waals surface area contributed by atoms with Crippen molar-refractivity contribution in [3.8, 4) is 0 Å². The number of imidazole rings is 1. The van der Waals surface area contributed by atoms with Gasteiger partial charge in [-0.3, -0.25) is 0 Å². The van der Waals surface area contributed by atoms with Crippen LogP contribution in [0.4, 0.5) is 4.39 Å². The zero-order valence-electron chi connectivity index (χ0n) is 11.3. The first-order valence-electron chi connectivity index (χ1n) is 6.35. The van der Waals surface area contributed by atoms with Gasteiger partial charge in [-0.1, -0.05) is 25.4 Å². The number of halogens is 3. The molecule has 0 saturated carbocycles. The molecule has 2 rings (SSSR count). The molecule has 0 aliphatic heterocycles. The average molecular weight is 303 g/mol.